The Balaban J connectivity index is 2.62. The molecule has 0 unspecified atom stereocenters. The minimum absolute atomic E-state index is 0.130. The minimum atomic E-state index is -3.78. The summed E-state index contributed by atoms with van der Waals surface area (Å²) in [5.41, 5.74) is -0.286. The number of nitro groups is 1. The van der Waals surface area contributed by atoms with Gasteiger partial charge in [0.25, 0.3) is 5.69 Å². The summed E-state index contributed by atoms with van der Waals surface area (Å²) in [6, 6.07) is 4.80. The zero-order valence-electron chi connectivity index (χ0n) is 10.8. The summed E-state index contributed by atoms with van der Waals surface area (Å²) in [5, 5.41) is 13.1. The highest BCUT2D eigenvalue weighted by Crippen LogP contribution is 2.16. The average molecular weight is 301 g/mol. The van der Waals surface area contributed by atoms with Gasteiger partial charge in [0, 0.05) is 32.1 Å². The number of benzene rings is 1. The lowest BCUT2D eigenvalue weighted by molar-refractivity contribution is -0.385. The van der Waals surface area contributed by atoms with Crippen LogP contribution in [0.15, 0.2) is 29.2 Å². The van der Waals surface area contributed by atoms with Crippen molar-refractivity contribution in [3.8, 4) is 0 Å². The summed E-state index contributed by atoms with van der Waals surface area (Å²) < 4.78 is 26.1. The molecule has 0 bridgehead atoms. The zero-order chi connectivity index (χ0) is 15.2. The van der Waals surface area contributed by atoms with Crippen LogP contribution in [0.4, 0.5) is 5.69 Å². The van der Waals surface area contributed by atoms with E-state index in [0.717, 1.165) is 6.07 Å². The lowest BCUT2D eigenvalue weighted by atomic mass is 10.3. The van der Waals surface area contributed by atoms with Crippen molar-refractivity contribution in [2.45, 2.75) is 18.2 Å². The molecule has 1 aromatic rings. The van der Waals surface area contributed by atoms with Crippen LogP contribution < -0.4 is 10.0 Å². The van der Waals surface area contributed by atoms with Crippen molar-refractivity contribution in [1.82, 2.24) is 10.0 Å². The normalized spacial score (nSPS) is 11.1. The molecule has 0 fully saturated rings. The molecule has 0 aromatic heterocycles. The van der Waals surface area contributed by atoms with Gasteiger partial charge in [-0.1, -0.05) is 6.07 Å². The lowest BCUT2D eigenvalue weighted by Crippen LogP contribution is -2.28. The first-order chi connectivity index (χ1) is 9.33. The molecule has 1 rings (SSSR count). The summed E-state index contributed by atoms with van der Waals surface area (Å²) in [6.07, 6.45) is 0.424. The van der Waals surface area contributed by atoms with E-state index >= 15 is 0 Å². The number of carbonyl (C=O) groups is 1. The van der Waals surface area contributed by atoms with Crippen molar-refractivity contribution < 1.29 is 18.1 Å². The molecular formula is C11H15N3O5S. The molecule has 1 aromatic carbocycles. The molecule has 0 aliphatic heterocycles. The van der Waals surface area contributed by atoms with Crippen LogP contribution >= 0.6 is 0 Å². The van der Waals surface area contributed by atoms with Crippen LogP contribution in [-0.2, 0) is 14.8 Å². The molecule has 2 N–H and O–H groups in total. The van der Waals surface area contributed by atoms with Crippen LogP contribution in [0.25, 0.3) is 0 Å². The van der Waals surface area contributed by atoms with Gasteiger partial charge < -0.3 is 5.32 Å². The maximum atomic E-state index is 11.9. The second-order valence-corrected chi connectivity index (χ2v) is 5.76. The number of hydrogen-bond donors (Lipinski definition) is 2. The van der Waals surface area contributed by atoms with E-state index < -0.39 is 14.9 Å². The number of non-ortho nitro benzene ring substituents is 1. The fourth-order valence-corrected chi connectivity index (χ4v) is 2.52. The van der Waals surface area contributed by atoms with E-state index in [1.165, 1.54) is 25.1 Å². The molecule has 1 amide bonds. The quantitative estimate of drug-likeness (QED) is 0.429. The summed E-state index contributed by atoms with van der Waals surface area (Å²) >= 11 is 0. The van der Waals surface area contributed by atoms with Crippen LogP contribution in [0, 0.1) is 10.1 Å². The van der Waals surface area contributed by atoms with Gasteiger partial charge in [-0.25, -0.2) is 13.1 Å². The van der Waals surface area contributed by atoms with Crippen molar-refractivity contribution in [2.75, 3.05) is 13.1 Å². The van der Waals surface area contributed by atoms with Crippen molar-refractivity contribution in [3.05, 3.63) is 34.4 Å². The van der Waals surface area contributed by atoms with Crippen LogP contribution in [-0.4, -0.2) is 32.3 Å². The van der Waals surface area contributed by atoms with Crippen molar-refractivity contribution in [2.24, 2.45) is 0 Å². The Morgan fingerprint density at radius 1 is 1.35 bits per heavy atom. The molecule has 0 saturated carbocycles. The number of nitrogens with one attached hydrogen (secondary N) is 2. The number of nitro benzene ring substituents is 1. The third kappa shape index (κ3) is 4.94. The molecule has 0 heterocycles. The largest absolute Gasteiger partial charge is 0.356 e. The molecule has 0 atom stereocenters. The smallest absolute Gasteiger partial charge is 0.270 e. The SMILES string of the molecule is CC(=O)NCCCNS(=O)(=O)c1cccc([N+](=O)[O-])c1. The summed E-state index contributed by atoms with van der Waals surface area (Å²) in [5.74, 6) is -0.188. The average Bonchev–Trinajstić information content (AvgIpc) is 2.38. The Morgan fingerprint density at radius 2 is 2.05 bits per heavy atom. The molecule has 0 aliphatic carbocycles. The van der Waals surface area contributed by atoms with Gasteiger partial charge in [-0.3, -0.25) is 14.9 Å². The van der Waals surface area contributed by atoms with Crippen molar-refractivity contribution in [3.63, 3.8) is 0 Å². The van der Waals surface area contributed by atoms with Crippen molar-refractivity contribution >= 4 is 21.6 Å². The lowest BCUT2D eigenvalue weighted by Gasteiger charge is -2.06. The fraction of sp³-hybridized carbons (Fsp3) is 0.364. The molecule has 0 radical (unpaired) electrons. The van der Waals surface area contributed by atoms with Crippen molar-refractivity contribution in [1.29, 1.82) is 0 Å². The van der Waals surface area contributed by atoms with Gasteiger partial charge in [-0.2, -0.15) is 0 Å². The summed E-state index contributed by atoms with van der Waals surface area (Å²) in [6.45, 7) is 1.85. The maximum Gasteiger partial charge on any atom is 0.270 e. The number of nitrogens with zero attached hydrogens (tertiary/aromatic N) is 1. The number of carbonyl (C=O) groups excluding carboxylic acids is 1. The van der Waals surface area contributed by atoms with Crippen LogP contribution in [0.1, 0.15) is 13.3 Å². The molecular weight excluding hydrogens is 286 g/mol. The van der Waals surface area contributed by atoms with Crippen LogP contribution in [0.2, 0.25) is 0 Å². The van der Waals surface area contributed by atoms with E-state index in [1.54, 1.807) is 0 Å². The first kappa shape index (κ1) is 16.1. The Labute approximate surface area is 116 Å². The van der Waals surface area contributed by atoms with Crippen LogP contribution in [0.3, 0.4) is 0 Å². The monoisotopic (exact) mass is 301 g/mol. The maximum absolute atomic E-state index is 11.9. The highest BCUT2D eigenvalue weighted by molar-refractivity contribution is 7.89. The van der Waals surface area contributed by atoms with Gasteiger partial charge in [-0.15, -0.1) is 0 Å². The van der Waals surface area contributed by atoms with E-state index in [4.69, 9.17) is 0 Å². The second kappa shape index (κ2) is 6.96. The Morgan fingerprint density at radius 3 is 2.65 bits per heavy atom. The Hall–Kier alpha value is -2.00. The number of amides is 1. The van der Waals surface area contributed by atoms with E-state index in [-0.39, 0.29) is 23.0 Å². The van der Waals surface area contributed by atoms with Gasteiger partial charge in [0.1, 0.15) is 0 Å². The zero-order valence-corrected chi connectivity index (χ0v) is 11.6. The second-order valence-electron chi connectivity index (χ2n) is 3.99. The standard InChI is InChI=1S/C11H15N3O5S/c1-9(15)12-6-3-7-13-20(18,19)11-5-2-4-10(8-11)14(16)17/h2,4-5,8,13H,3,6-7H2,1H3,(H,12,15). The van der Waals surface area contributed by atoms with Gasteiger partial charge >= 0.3 is 0 Å². The molecule has 8 nitrogen and oxygen atoms in total. The molecule has 110 valence electrons. The minimum Gasteiger partial charge on any atom is -0.356 e. The van der Waals surface area contributed by atoms with E-state index in [0.29, 0.717) is 13.0 Å². The number of rotatable bonds is 7. The van der Waals surface area contributed by atoms with Gasteiger partial charge in [0.2, 0.25) is 15.9 Å². The van der Waals surface area contributed by atoms with E-state index in [2.05, 4.69) is 10.0 Å². The molecule has 0 spiro atoms. The fourth-order valence-electron chi connectivity index (χ4n) is 1.41. The first-order valence-corrected chi connectivity index (χ1v) is 7.30. The summed E-state index contributed by atoms with van der Waals surface area (Å²) in [4.78, 5) is 20.4. The Bertz CT molecular complexity index is 600. The molecule has 9 heteroatoms. The predicted octanol–water partition coefficient (Wildman–Crippen LogP) is 0.399. The molecule has 0 aliphatic rings. The first-order valence-electron chi connectivity index (χ1n) is 5.81. The predicted molar refractivity (Wildman–Crippen MR) is 71.6 cm³/mol. The number of sulfonamides is 1. The van der Waals surface area contributed by atoms with E-state index in [1.807, 2.05) is 0 Å². The van der Waals surface area contributed by atoms with Gasteiger partial charge in [0.05, 0.1) is 9.82 Å². The van der Waals surface area contributed by atoms with Gasteiger partial charge in [-0.05, 0) is 12.5 Å². The third-order valence-corrected chi connectivity index (χ3v) is 3.82. The highest BCUT2D eigenvalue weighted by atomic mass is 32.2. The molecule has 20 heavy (non-hydrogen) atoms. The highest BCUT2D eigenvalue weighted by Gasteiger charge is 2.16. The number of hydrogen-bond acceptors (Lipinski definition) is 5. The van der Waals surface area contributed by atoms with E-state index in [9.17, 15) is 23.3 Å². The van der Waals surface area contributed by atoms with Crippen LogP contribution in [0.5, 0.6) is 0 Å². The van der Waals surface area contributed by atoms with Gasteiger partial charge in [0.15, 0.2) is 0 Å². The third-order valence-electron chi connectivity index (χ3n) is 2.36. The topological polar surface area (TPSA) is 118 Å². The Kier molecular flexibility index (Phi) is 5.59. The summed E-state index contributed by atoms with van der Waals surface area (Å²) in [7, 11) is -3.78. The molecule has 0 saturated heterocycles.